The Labute approximate surface area is 147 Å². The first-order valence-corrected chi connectivity index (χ1v) is 8.58. The number of imidazole rings is 1. The van der Waals surface area contributed by atoms with E-state index in [1.165, 1.54) is 0 Å². The van der Waals surface area contributed by atoms with E-state index >= 15 is 0 Å². The van der Waals surface area contributed by atoms with Gasteiger partial charge in [-0.05, 0) is 36.2 Å². The summed E-state index contributed by atoms with van der Waals surface area (Å²) in [6.45, 7) is 0.311. The fraction of sp³-hybridized carbons (Fsp3) is 0.176. The van der Waals surface area contributed by atoms with Crippen molar-refractivity contribution in [1.29, 1.82) is 0 Å². The number of ether oxygens (including phenoxy) is 1. The zero-order valence-corrected chi connectivity index (χ0v) is 13.9. The van der Waals surface area contributed by atoms with Crippen LogP contribution in [0.25, 0.3) is 11.2 Å². The number of carbonyl (C=O) groups excluding carboxylic acids is 2. The van der Waals surface area contributed by atoms with Gasteiger partial charge in [0.2, 0.25) is 5.91 Å². The molecule has 1 fully saturated rings. The Hall–Kier alpha value is -2.87. The van der Waals surface area contributed by atoms with E-state index in [0.29, 0.717) is 30.2 Å². The second-order valence-corrected chi connectivity index (χ2v) is 6.75. The molecule has 4 rings (SSSR count). The highest BCUT2D eigenvalue weighted by Gasteiger charge is 2.31. The maximum absolute atomic E-state index is 11.6. The number of hydrogen-bond acceptors (Lipinski definition) is 6. The van der Waals surface area contributed by atoms with Gasteiger partial charge in [-0.3, -0.25) is 14.9 Å². The highest BCUT2D eigenvalue weighted by Crippen LogP contribution is 2.24. The molecule has 0 bridgehead atoms. The number of pyridine rings is 1. The van der Waals surface area contributed by atoms with Crippen LogP contribution in [-0.4, -0.2) is 31.3 Å². The number of rotatable bonds is 5. The maximum Gasteiger partial charge on any atom is 0.286 e. The van der Waals surface area contributed by atoms with Crippen LogP contribution < -0.4 is 10.1 Å². The van der Waals surface area contributed by atoms with Crippen LogP contribution in [-0.2, 0) is 17.8 Å². The molecule has 1 unspecified atom stereocenters. The monoisotopic (exact) mass is 354 g/mol. The van der Waals surface area contributed by atoms with Crippen LogP contribution in [0.3, 0.4) is 0 Å². The summed E-state index contributed by atoms with van der Waals surface area (Å²) in [6.07, 6.45) is 2.21. The lowest BCUT2D eigenvalue weighted by Crippen LogP contribution is -2.25. The number of carbonyl (C=O) groups is 2. The minimum Gasteiger partial charge on any atom is -0.486 e. The fourth-order valence-corrected chi connectivity index (χ4v) is 3.44. The highest BCUT2D eigenvalue weighted by atomic mass is 32.2. The van der Waals surface area contributed by atoms with Crippen molar-refractivity contribution < 1.29 is 14.3 Å². The minimum atomic E-state index is -0.359. The first kappa shape index (κ1) is 15.6. The Morgan fingerprint density at radius 2 is 2.00 bits per heavy atom. The number of aromatic amines is 1. The van der Waals surface area contributed by atoms with E-state index in [2.05, 4.69) is 20.3 Å². The van der Waals surface area contributed by atoms with Crippen LogP contribution in [0, 0.1) is 0 Å². The van der Waals surface area contributed by atoms with Crippen molar-refractivity contribution in [2.45, 2.75) is 18.3 Å². The molecule has 25 heavy (non-hydrogen) atoms. The minimum absolute atomic E-state index is 0.228. The normalized spacial score (nSPS) is 17.0. The van der Waals surface area contributed by atoms with E-state index in [4.69, 9.17) is 4.74 Å². The van der Waals surface area contributed by atoms with Crippen LogP contribution in [0.5, 0.6) is 5.75 Å². The number of thioether (sulfide) groups is 1. The van der Waals surface area contributed by atoms with Crippen LogP contribution in [0.2, 0.25) is 0 Å². The van der Waals surface area contributed by atoms with E-state index in [1.54, 1.807) is 6.20 Å². The molecule has 1 saturated heterocycles. The van der Waals surface area contributed by atoms with Crippen molar-refractivity contribution in [3.05, 3.63) is 54.0 Å². The van der Waals surface area contributed by atoms with Crippen molar-refractivity contribution in [3.63, 3.8) is 0 Å². The number of nitrogens with zero attached hydrogens (tertiary/aromatic N) is 2. The molecule has 2 amide bonds. The average Bonchev–Trinajstić information content (AvgIpc) is 3.16. The second kappa shape index (κ2) is 6.56. The van der Waals surface area contributed by atoms with Gasteiger partial charge in [0.25, 0.3) is 5.24 Å². The maximum atomic E-state index is 11.6. The zero-order chi connectivity index (χ0) is 17.2. The summed E-state index contributed by atoms with van der Waals surface area (Å²) in [5.41, 5.74) is 2.51. The lowest BCUT2D eigenvalue weighted by Gasteiger charge is -2.07. The molecule has 1 aliphatic rings. The first-order valence-electron chi connectivity index (χ1n) is 7.70. The van der Waals surface area contributed by atoms with E-state index in [-0.39, 0.29) is 16.4 Å². The smallest absolute Gasteiger partial charge is 0.286 e. The summed E-state index contributed by atoms with van der Waals surface area (Å²) in [6, 6.07) is 11.2. The van der Waals surface area contributed by atoms with Crippen molar-refractivity contribution in [1.82, 2.24) is 20.3 Å². The molecule has 8 heteroatoms. The molecule has 7 nitrogen and oxygen atoms in total. The third kappa shape index (κ3) is 3.48. The average molecular weight is 354 g/mol. The number of benzene rings is 1. The number of nitrogens with one attached hydrogen (secondary N) is 2. The zero-order valence-electron chi connectivity index (χ0n) is 13.1. The van der Waals surface area contributed by atoms with Crippen molar-refractivity contribution in [2.75, 3.05) is 0 Å². The molecule has 3 heterocycles. The molecule has 3 aromatic rings. The number of hydrogen-bond donors (Lipinski definition) is 2. The SMILES string of the molecule is O=C1NC(=O)C(Cc2ccc(OCc3nc4ncccc4[nH]3)cc2)S1. The van der Waals surface area contributed by atoms with Crippen LogP contribution in [0.4, 0.5) is 4.79 Å². The van der Waals surface area contributed by atoms with Gasteiger partial charge in [0, 0.05) is 6.20 Å². The molecule has 1 aliphatic heterocycles. The Morgan fingerprint density at radius 3 is 2.72 bits per heavy atom. The first-order chi connectivity index (χ1) is 12.2. The van der Waals surface area contributed by atoms with E-state index in [1.807, 2.05) is 36.4 Å². The molecule has 0 radical (unpaired) electrons. The highest BCUT2D eigenvalue weighted by molar-refractivity contribution is 8.15. The molecule has 2 N–H and O–H groups in total. The fourth-order valence-electron chi connectivity index (χ4n) is 2.58. The topological polar surface area (TPSA) is 97.0 Å². The molecule has 0 spiro atoms. The molecular weight excluding hydrogens is 340 g/mol. The second-order valence-electron chi connectivity index (χ2n) is 5.58. The molecule has 1 aromatic carbocycles. The summed E-state index contributed by atoms with van der Waals surface area (Å²) in [5.74, 6) is 1.18. The lowest BCUT2D eigenvalue weighted by atomic mass is 10.1. The van der Waals surface area contributed by atoms with Crippen LogP contribution in [0.15, 0.2) is 42.6 Å². The Kier molecular flexibility index (Phi) is 4.10. The number of imide groups is 1. The third-order valence-electron chi connectivity index (χ3n) is 3.79. The molecule has 2 aromatic heterocycles. The third-order valence-corrected chi connectivity index (χ3v) is 4.77. The Bertz CT molecular complexity index is 905. The predicted octanol–water partition coefficient (Wildman–Crippen LogP) is 2.43. The molecule has 1 atom stereocenters. The van der Waals surface area contributed by atoms with E-state index < -0.39 is 0 Å². The largest absolute Gasteiger partial charge is 0.486 e. The summed E-state index contributed by atoms with van der Waals surface area (Å²) in [7, 11) is 0. The molecular formula is C17H14N4O3S. The predicted molar refractivity (Wildman–Crippen MR) is 93.3 cm³/mol. The molecule has 0 saturated carbocycles. The van der Waals surface area contributed by atoms with Gasteiger partial charge in [-0.2, -0.15) is 0 Å². The number of aromatic nitrogens is 3. The van der Waals surface area contributed by atoms with Gasteiger partial charge in [-0.15, -0.1) is 0 Å². The van der Waals surface area contributed by atoms with Gasteiger partial charge >= 0.3 is 0 Å². The standard InChI is InChI=1S/C17H14N4O3S/c22-16-13(25-17(23)21-16)8-10-3-5-11(6-4-10)24-9-14-19-12-2-1-7-18-15(12)20-14/h1-7,13H,8-9H2,(H,18,19,20)(H,21,22,23). The molecule has 126 valence electrons. The van der Waals surface area contributed by atoms with Crippen molar-refractivity contribution in [2.24, 2.45) is 0 Å². The summed E-state index contributed by atoms with van der Waals surface area (Å²) in [4.78, 5) is 34.5. The van der Waals surface area contributed by atoms with Crippen LogP contribution in [0.1, 0.15) is 11.4 Å². The van der Waals surface area contributed by atoms with E-state index in [0.717, 1.165) is 22.8 Å². The summed E-state index contributed by atoms with van der Waals surface area (Å²) < 4.78 is 5.72. The van der Waals surface area contributed by atoms with Crippen LogP contribution >= 0.6 is 11.8 Å². The number of amides is 2. The van der Waals surface area contributed by atoms with Crippen molar-refractivity contribution >= 4 is 34.1 Å². The van der Waals surface area contributed by atoms with Gasteiger partial charge in [-0.25, -0.2) is 9.97 Å². The Balaban J connectivity index is 1.37. The number of fused-ring (bicyclic) bond motifs is 1. The van der Waals surface area contributed by atoms with Gasteiger partial charge in [0.1, 0.15) is 18.2 Å². The van der Waals surface area contributed by atoms with Crippen molar-refractivity contribution in [3.8, 4) is 5.75 Å². The van der Waals surface area contributed by atoms with Gasteiger partial charge in [0.15, 0.2) is 5.65 Å². The summed E-state index contributed by atoms with van der Waals surface area (Å²) >= 11 is 1.03. The quantitative estimate of drug-likeness (QED) is 0.730. The van der Waals surface area contributed by atoms with E-state index in [9.17, 15) is 9.59 Å². The number of H-pyrrole nitrogens is 1. The van der Waals surface area contributed by atoms with Gasteiger partial charge in [0.05, 0.1) is 10.8 Å². The lowest BCUT2D eigenvalue weighted by molar-refractivity contribution is -0.118. The van der Waals surface area contributed by atoms with Gasteiger partial charge in [-0.1, -0.05) is 23.9 Å². The summed E-state index contributed by atoms with van der Waals surface area (Å²) in [5, 5.41) is 1.65. The Morgan fingerprint density at radius 1 is 1.16 bits per heavy atom. The molecule has 0 aliphatic carbocycles. The van der Waals surface area contributed by atoms with Gasteiger partial charge < -0.3 is 9.72 Å².